The molecule has 0 radical (unpaired) electrons. The van der Waals surface area contributed by atoms with Crippen LogP contribution in [0.25, 0.3) is 0 Å². The van der Waals surface area contributed by atoms with Gasteiger partial charge in [0.05, 0.1) is 11.8 Å². The number of nitrogens with one attached hydrogen (secondary N) is 2. The van der Waals surface area contributed by atoms with Gasteiger partial charge in [0.2, 0.25) is 10.0 Å². The highest BCUT2D eigenvalue weighted by Crippen LogP contribution is 2.39. The molecule has 1 aliphatic heterocycles. The average Bonchev–Trinajstić information content (AvgIpc) is 3.46. The number of hydrogen-bond acceptors (Lipinski definition) is 6. The number of benzene rings is 2. The molecule has 2 aromatic rings. The van der Waals surface area contributed by atoms with E-state index < -0.39 is 44.2 Å². The molecule has 1 saturated carbocycles. The lowest BCUT2D eigenvalue weighted by Gasteiger charge is -2.20. The summed E-state index contributed by atoms with van der Waals surface area (Å²) in [5.41, 5.74) is 0.337. The Hall–Kier alpha value is -3.14. The predicted molar refractivity (Wildman–Crippen MR) is 123 cm³/mol. The van der Waals surface area contributed by atoms with Crippen molar-refractivity contribution < 1.29 is 30.8 Å². The number of carbonyl (C=O) groups excluding carboxylic acids is 1. The van der Waals surface area contributed by atoms with E-state index in [-0.39, 0.29) is 36.3 Å². The van der Waals surface area contributed by atoms with E-state index in [1.165, 1.54) is 12.1 Å². The lowest BCUT2D eigenvalue weighted by molar-refractivity contribution is -0.117. The second-order valence-electron chi connectivity index (χ2n) is 8.08. The maximum atomic E-state index is 15.5. The van der Waals surface area contributed by atoms with Crippen molar-refractivity contribution in [3.63, 3.8) is 0 Å². The van der Waals surface area contributed by atoms with Gasteiger partial charge >= 0.3 is 10.2 Å². The van der Waals surface area contributed by atoms with Crippen molar-refractivity contribution in [2.75, 3.05) is 23.7 Å². The molecule has 1 heterocycles. The summed E-state index contributed by atoms with van der Waals surface area (Å²) in [6, 6.07) is 11.9. The molecule has 2 fully saturated rings. The number of amides is 1. The van der Waals surface area contributed by atoms with Crippen LogP contribution in [0.1, 0.15) is 17.5 Å². The summed E-state index contributed by atoms with van der Waals surface area (Å²) in [4.78, 5) is 11.7. The summed E-state index contributed by atoms with van der Waals surface area (Å²) < 4.78 is 73.4. The number of anilines is 1. The third-order valence-electron chi connectivity index (χ3n) is 5.31. The van der Waals surface area contributed by atoms with E-state index in [0.717, 1.165) is 11.8 Å². The first kappa shape index (κ1) is 24.0. The molecule has 2 aromatic carbocycles. The molecular formula is C22H22FN3O6S2. The first-order valence-electron chi connectivity index (χ1n) is 10.3. The van der Waals surface area contributed by atoms with Crippen molar-refractivity contribution in [2.24, 2.45) is 11.8 Å². The molecule has 0 aromatic heterocycles. The normalized spacial score (nSPS) is 20.9. The molecule has 0 spiro atoms. The standard InChI is InChI=1S/C22H22FN3O6S2/c1-33(28,29)24-12-18-11-17(18)8-7-16-9-10-19(32-14-15-5-3-2-4-6-15)22(21(16)23)26-13-20(27)25-34(26,30)31/h2-6,9-10,17-18,24H,11-14H2,1H3,(H,25,27)/t17-,18+/m1/s1. The molecule has 2 aliphatic rings. The fraction of sp³-hybridized carbons (Fsp3) is 0.318. The lowest BCUT2D eigenvalue weighted by atomic mass is 10.1. The number of halogens is 1. The van der Waals surface area contributed by atoms with Crippen LogP contribution in [0, 0.1) is 29.5 Å². The number of sulfonamides is 1. The molecule has 180 valence electrons. The SMILES string of the molecule is CS(=O)(=O)NC[C@@H]1C[C@H]1C#Cc1ccc(OCc2ccccc2)c(N2CC(=O)NS2(=O)=O)c1F. The molecule has 0 unspecified atom stereocenters. The van der Waals surface area contributed by atoms with Gasteiger partial charge in [0.1, 0.15) is 24.6 Å². The van der Waals surface area contributed by atoms with Crippen molar-refractivity contribution in [2.45, 2.75) is 13.0 Å². The van der Waals surface area contributed by atoms with E-state index in [4.69, 9.17) is 4.74 Å². The summed E-state index contributed by atoms with van der Waals surface area (Å²) >= 11 is 0. The number of rotatable bonds is 7. The van der Waals surface area contributed by atoms with Gasteiger partial charge in [-0.3, -0.25) is 4.79 Å². The Morgan fingerprint density at radius 1 is 1.24 bits per heavy atom. The number of ether oxygens (including phenoxy) is 1. The van der Waals surface area contributed by atoms with Crippen LogP contribution in [0.5, 0.6) is 5.75 Å². The topological polar surface area (TPSA) is 122 Å². The largest absolute Gasteiger partial charge is 0.487 e. The van der Waals surface area contributed by atoms with Gasteiger partial charge in [0.25, 0.3) is 5.91 Å². The molecule has 12 heteroatoms. The molecular weight excluding hydrogens is 485 g/mol. The summed E-state index contributed by atoms with van der Waals surface area (Å²) in [6.07, 6.45) is 1.74. The number of hydrogen-bond donors (Lipinski definition) is 2. The first-order chi connectivity index (χ1) is 16.0. The summed E-state index contributed by atoms with van der Waals surface area (Å²) in [5, 5.41) is 0. The minimum atomic E-state index is -4.28. The van der Waals surface area contributed by atoms with Gasteiger partial charge in [-0.05, 0) is 30.0 Å². The molecule has 1 amide bonds. The van der Waals surface area contributed by atoms with Gasteiger partial charge in [0, 0.05) is 12.5 Å². The maximum absolute atomic E-state index is 15.5. The van der Waals surface area contributed by atoms with Crippen molar-refractivity contribution >= 4 is 31.8 Å². The fourth-order valence-corrected chi connectivity index (χ4v) is 5.13. The molecule has 4 rings (SSSR count). The summed E-state index contributed by atoms with van der Waals surface area (Å²) in [6.45, 7) is -0.275. The van der Waals surface area contributed by atoms with Crippen LogP contribution in [-0.2, 0) is 31.6 Å². The van der Waals surface area contributed by atoms with E-state index in [1.54, 1.807) is 12.1 Å². The summed E-state index contributed by atoms with van der Waals surface area (Å²) in [5.74, 6) is 3.79. The zero-order chi connectivity index (χ0) is 24.5. The highest BCUT2D eigenvalue weighted by molar-refractivity contribution is 7.92. The summed E-state index contributed by atoms with van der Waals surface area (Å²) in [7, 11) is -7.59. The monoisotopic (exact) mass is 507 g/mol. The van der Waals surface area contributed by atoms with Gasteiger partial charge in [-0.25, -0.2) is 26.6 Å². The minimum absolute atomic E-state index is 0.0269. The van der Waals surface area contributed by atoms with Gasteiger partial charge < -0.3 is 4.74 Å². The van der Waals surface area contributed by atoms with E-state index in [0.29, 0.717) is 10.7 Å². The highest BCUT2D eigenvalue weighted by atomic mass is 32.2. The Balaban J connectivity index is 1.61. The average molecular weight is 508 g/mol. The highest BCUT2D eigenvalue weighted by Gasteiger charge is 2.39. The Kier molecular flexibility index (Phi) is 6.53. The van der Waals surface area contributed by atoms with Crippen LogP contribution < -0.4 is 18.5 Å². The van der Waals surface area contributed by atoms with Gasteiger partial charge in [-0.15, -0.1) is 0 Å². The van der Waals surface area contributed by atoms with Crippen molar-refractivity contribution in [3.05, 3.63) is 59.4 Å². The molecule has 1 aliphatic carbocycles. The smallest absolute Gasteiger partial charge is 0.326 e. The van der Waals surface area contributed by atoms with Crippen LogP contribution in [0.3, 0.4) is 0 Å². The van der Waals surface area contributed by atoms with Crippen LogP contribution in [0.2, 0.25) is 0 Å². The van der Waals surface area contributed by atoms with E-state index in [9.17, 15) is 21.6 Å². The molecule has 2 N–H and O–H groups in total. The van der Waals surface area contributed by atoms with E-state index >= 15 is 4.39 Å². The van der Waals surface area contributed by atoms with Gasteiger partial charge in [0.15, 0.2) is 5.82 Å². The molecule has 1 saturated heterocycles. The van der Waals surface area contributed by atoms with E-state index in [2.05, 4.69) is 16.6 Å². The Morgan fingerprint density at radius 3 is 2.62 bits per heavy atom. The van der Waals surface area contributed by atoms with Crippen LogP contribution in [0.15, 0.2) is 42.5 Å². The second kappa shape index (κ2) is 9.25. The second-order valence-corrected chi connectivity index (χ2v) is 11.5. The Labute approximate surface area is 197 Å². The van der Waals surface area contributed by atoms with Crippen molar-refractivity contribution in [3.8, 4) is 17.6 Å². The van der Waals surface area contributed by atoms with Crippen molar-refractivity contribution in [1.29, 1.82) is 0 Å². The quantitative estimate of drug-likeness (QED) is 0.542. The zero-order valence-corrected chi connectivity index (χ0v) is 19.7. The van der Waals surface area contributed by atoms with Crippen LogP contribution in [0.4, 0.5) is 10.1 Å². The van der Waals surface area contributed by atoms with Crippen LogP contribution >= 0.6 is 0 Å². The molecule has 9 nitrogen and oxygen atoms in total. The number of nitrogens with zero attached hydrogens (tertiary/aromatic N) is 1. The van der Waals surface area contributed by atoms with E-state index in [1.807, 2.05) is 22.9 Å². The molecule has 2 atom stereocenters. The third kappa shape index (κ3) is 5.67. The first-order valence-corrected chi connectivity index (χ1v) is 13.7. The Bertz CT molecular complexity index is 1380. The fourth-order valence-electron chi connectivity index (χ4n) is 3.45. The number of carbonyl (C=O) groups is 1. The minimum Gasteiger partial charge on any atom is -0.487 e. The molecule has 34 heavy (non-hydrogen) atoms. The zero-order valence-electron chi connectivity index (χ0n) is 18.1. The van der Waals surface area contributed by atoms with Gasteiger partial charge in [-0.1, -0.05) is 42.2 Å². The third-order valence-corrected chi connectivity index (χ3v) is 7.38. The van der Waals surface area contributed by atoms with Crippen LogP contribution in [-0.4, -0.2) is 42.1 Å². The molecule has 0 bridgehead atoms. The van der Waals surface area contributed by atoms with Gasteiger partial charge in [-0.2, -0.15) is 8.42 Å². The lowest BCUT2D eigenvalue weighted by Crippen LogP contribution is -2.30. The maximum Gasteiger partial charge on any atom is 0.326 e. The van der Waals surface area contributed by atoms with Crippen molar-refractivity contribution in [1.82, 2.24) is 9.44 Å². The predicted octanol–water partition coefficient (Wildman–Crippen LogP) is 1.12. The Morgan fingerprint density at radius 2 is 1.97 bits per heavy atom.